The minimum Gasteiger partial charge on any atom is -0.480 e. The molecule has 0 aromatic carbocycles. The topological polar surface area (TPSA) is 69.6 Å². The van der Waals surface area contributed by atoms with E-state index in [0.717, 1.165) is 38.5 Å². The predicted molar refractivity (Wildman–Crippen MR) is 81.1 cm³/mol. The third-order valence-electron chi connectivity index (χ3n) is 5.30. The normalized spacial score (nSPS) is 28.5. The first kappa shape index (κ1) is 16.1. The van der Waals surface area contributed by atoms with Gasteiger partial charge in [-0.3, -0.25) is 0 Å². The monoisotopic (exact) mass is 296 g/mol. The van der Waals surface area contributed by atoms with E-state index in [1.165, 1.54) is 0 Å². The number of nitrogens with zero attached hydrogens (tertiary/aromatic N) is 1. The Morgan fingerprint density at radius 3 is 2.52 bits per heavy atom. The zero-order valence-corrected chi connectivity index (χ0v) is 13.2. The summed E-state index contributed by atoms with van der Waals surface area (Å²) in [6.45, 7) is 4.88. The molecule has 0 spiro atoms. The Morgan fingerprint density at radius 1 is 1.24 bits per heavy atom. The van der Waals surface area contributed by atoms with Crippen LogP contribution in [0.5, 0.6) is 0 Å². The lowest BCUT2D eigenvalue weighted by Crippen LogP contribution is -2.51. The van der Waals surface area contributed by atoms with Crippen LogP contribution in [-0.4, -0.2) is 40.6 Å². The Labute approximate surface area is 127 Å². The molecule has 5 heteroatoms. The molecule has 3 atom stereocenters. The lowest BCUT2D eigenvalue weighted by atomic mass is 9.85. The Hall–Kier alpha value is -1.26. The highest BCUT2D eigenvalue weighted by atomic mass is 16.4. The number of aliphatic carboxylic acids is 1. The summed E-state index contributed by atoms with van der Waals surface area (Å²) < 4.78 is 0. The fourth-order valence-electron chi connectivity index (χ4n) is 3.87. The van der Waals surface area contributed by atoms with Gasteiger partial charge in [-0.25, -0.2) is 9.59 Å². The third-order valence-corrected chi connectivity index (χ3v) is 5.30. The summed E-state index contributed by atoms with van der Waals surface area (Å²) in [6, 6.07) is -0.690. The smallest absolute Gasteiger partial charge is 0.326 e. The molecule has 0 radical (unpaired) electrons. The van der Waals surface area contributed by atoms with Crippen molar-refractivity contribution in [1.82, 2.24) is 10.2 Å². The summed E-state index contributed by atoms with van der Waals surface area (Å²) in [5.74, 6) is -0.0113. The summed E-state index contributed by atoms with van der Waals surface area (Å²) in [6.07, 6.45) is 6.97. The highest BCUT2D eigenvalue weighted by Gasteiger charge is 2.47. The van der Waals surface area contributed by atoms with Crippen molar-refractivity contribution in [2.45, 2.75) is 70.9 Å². The molecule has 2 fully saturated rings. The number of hydrogen-bond donors (Lipinski definition) is 2. The van der Waals surface area contributed by atoms with Crippen LogP contribution in [-0.2, 0) is 4.79 Å². The summed E-state index contributed by atoms with van der Waals surface area (Å²) in [7, 11) is 0. The number of carbonyl (C=O) groups is 2. The molecule has 2 N–H and O–H groups in total. The van der Waals surface area contributed by atoms with Crippen LogP contribution in [0.1, 0.15) is 58.8 Å². The van der Waals surface area contributed by atoms with Crippen molar-refractivity contribution in [3.05, 3.63) is 0 Å². The molecular weight excluding hydrogens is 268 g/mol. The second-order valence-corrected chi connectivity index (χ2v) is 6.48. The molecule has 3 unspecified atom stereocenters. The van der Waals surface area contributed by atoms with Gasteiger partial charge in [0.2, 0.25) is 0 Å². The predicted octanol–water partition coefficient (Wildman–Crippen LogP) is 2.85. The van der Waals surface area contributed by atoms with Crippen molar-refractivity contribution in [2.75, 3.05) is 6.54 Å². The average Bonchev–Trinajstić information content (AvgIpc) is 2.87. The first-order valence-electron chi connectivity index (χ1n) is 8.37. The number of carboxylic acid groups (broad SMARTS) is 1. The van der Waals surface area contributed by atoms with E-state index in [-0.39, 0.29) is 12.1 Å². The number of amides is 2. The number of hydrogen-bond acceptors (Lipinski definition) is 2. The van der Waals surface area contributed by atoms with Gasteiger partial charge in [0.15, 0.2) is 0 Å². The zero-order chi connectivity index (χ0) is 15.4. The van der Waals surface area contributed by atoms with E-state index in [1.807, 2.05) is 0 Å². The molecule has 1 saturated carbocycles. The highest BCUT2D eigenvalue weighted by molar-refractivity contribution is 5.83. The number of likely N-dealkylation sites (tertiary alicyclic amines) is 1. The number of carboxylic acids is 1. The van der Waals surface area contributed by atoms with Gasteiger partial charge in [-0.15, -0.1) is 0 Å². The van der Waals surface area contributed by atoms with Gasteiger partial charge in [-0.1, -0.05) is 39.5 Å². The van der Waals surface area contributed by atoms with Gasteiger partial charge in [0.1, 0.15) is 6.04 Å². The van der Waals surface area contributed by atoms with Crippen LogP contribution >= 0.6 is 0 Å². The second-order valence-electron chi connectivity index (χ2n) is 6.48. The first-order chi connectivity index (χ1) is 10.1. The van der Waals surface area contributed by atoms with Gasteiger partial charge in [0, 0.05) is 12.6 Å². The minimum atomic E-state index is -0.859. The van der Waals surface area contributed by atoms with E-state index >= 15 is 0 Å². The van der Waals surface area contributed by atoms with Crippen LogP contribution in [0.4, 0.5) is 4.79 Å². The fourth-order valence-corrected chi connectivity index (χ4v) is 3.87. The van der Waals surface area contributed by atoms with E-state index in [4.69, 9.17) is 0 Å². The van der Waals surface area contributed by atoms with Crippen molar-refractivity contribution >= 4 is 12.0 Å². The second kappa shape index (κ2) is 7.14. The largest absolute Gasteiger partial charge is 0.480 e. The number of fused-ring (bicyclic) bond motifs is 1. The standard InChI is InChI=1S/C16H28N2O3/c1-3-11(4-2)10-17-16(21)18-13-8-6-5-7-12(13)9-14(18)15(19)20/h11-14H,3-10H2,1-2H3,(H,17,21)(H,19,20). The summed E-state index contributed by atoms with van der Waals surface area (Å²) >= 11 is 0. The molecule has 0 aromatic rings. The molecule has 21 heavy (non-hydrogen) atoms. The van der Waals surface area contributed by atoms with E-state index in [0.29, 0.717) is 24.8 Å². The van der Waals surface area contributed by atoms with Crippen molar-refractivity contribution < 1.29 is 14.7 Å². The molecule has 1 heterocycles. The van der Waals surface area contributed by atoms with Crippen molar-refractivity contribution in [2.24, 2.45) is 11.8 Å². The molecule has 1 aliphatic heterocycles. The summed E-state index contributed by atoms with van der Waals surface area (Å²) in [5, 5.41) is 12.4. The average molecular weight is 296 g/mol. The van der Waals surface area contributed by atoms with Crippen molar-refractivity contribution in [3.8, 4) is 0 Å². The van der Waals surface area contributed by atoms with Crippen LogP contribution in [0.3, 0.4) is 0 Å². The quantitative estimate of drug-likeness (QED) is 0.819. The van der Waals surface area contributed by atoms with Gasteiger partial charge in [-0.2, -0.15) is 0 Å². The molecule has 2 aliphatic rings. The van der Waals surface area contributed by atoms with Crippen LogP contribution < -0.4 is 5.32 Å². The number of nitrogens with one attached hydrogen (secondary N) is 1. The molecule has 2 amide bonds. The molecule has 120 valence electrons. The SMILES string of the molecule is CCC(CC)CNC(=O)N1C(C(=O)O)CC2CCCCC21. The Bertz CT molecular complexity index is 382. The van der Waals surface area contributed by atoms with Gasteiger partial charge in [-0.05, 0) is 31.1 Å². The maximum Gasteiger partial charge on any atom is 0.326 e. The van der Waals surface area contributed by atoms with Gasteiger partial charge >= 0.3 is 12.0 Å². The molecule has 1 saturated heterocycles. The van der Waals surface area contributed by atoms with Gasteiger partial charge in [0.25, 0.3) is 0 Å². The molecule has 5 nitrogen and oxygen atoms in total. The van der Waals surface area contributed by atoms with E-state index < -0.39 is 12.0 Å². The van der Waals surface area contributed by atoms with Gasteiger partial charge in [0.05, 0.1) is 0 Å². The minimum absolute atomic E-state index is 0.126. The van der Waals surface area contributed by atoms with Crippen LogP contribution in [0.2, 0.25) is 0 Å². The first-order valence-corrected chi connectivity index (χ1v) is 8.37. The van der Waals surface area contributed by atoms with Crippen LogP contribution in [0, 0.1) is 11.8 Å². The van der Waals surface area contributed by atoms with Crippen molar-refractivity contribution in [3.63, 3.8) is 0 Å². The Kier molecular flexibility index (Phi) is 5.48. The zero-order valence-electron chi connectivity index (χ0n) is 13.2. The lowest BCUT2D eigenvalue weighted by molar-refractivity contribution is -0.141. The maximum atomic E-state index is 12.5. The number of carbonyl (C=O) groups excluding carboxylic acids is 1. The molecule has 0 bridgehead atoms. The number of urea groups is 1. The summed E-state index contributed by atoms with van der Waals surface area (Å²) in [4.78, 5) is 25.6. The van der Waals surface area contributed by atoms with E-state index in [2.05, 4.69) is 19.2 Å². The maximum absolute atomic E-state index is 12.5. The molecule has 2 rings (SSSR count). The molecule has 0 aromatic heterocycles. The molecular formula is C16H28N2O3. The van der Waals surface area contributed by atoms with Crippen LogP contribution in [0.15, 0.2) is 0 Å². The Morgan fingerprint density at radius 2 is 1.90 bits per heavy atom. The fraction of sp³-hybridized carbons (Fsp3) is 0.875. The van der Waals surface area contributed by atoms with Gasteiger partial charge < -0.3 is 15.3 Å². The lowest BCUT2D eigenvalue weighted by Gasteiger charge is -2.33. The Balaban J connectivity index is 2.02. The van der Waals surface area contributed by atoms with E-state index in [9.17, 15) is 14.7 Å². The molecule has 1 aliphatic carbocycles. The van der Waals surface area contributed by atoms with E-state index in [1.54, 1.807) is 4.90 Å². The highest BCUT2D eigenvalue weighted by Crippen LogP contribution is 2.39. The summed E-state index contributed by atoms with van der Waals surface area (Å²) in [5.41, 5.74) is 0. The number of rotatable bonds is 5. The van der Waals surface area contributed by atoms with Crippen molar-refractivity contribution in [1.29, 1.82) is 0 Å². The third kappa shape index (κ3) is 3.50. The van der Waals surface area contributed by atoms with Crippen LogP contribution in [0.25, 0.3) is 0 Å².